The molecule has 1 fully saturated rings. The molecule has 0 aromatic carbocycles. The summed E-state index contributed by atoms with van der Waals surface area (Å²) in [7, 11) is 0. The molecule has 1 aromatic heterocycles. The number of halogens is 3. The molecule has 1 aromatic rings. The first kappa shape index (κ1) is 13.1. The van der Waals surface area contributed by atoms with Crippen molar-refractivity contribution in [3.05, 3.63) is 23.9 Å². The maximum atomic E-state index is 12.8. The van der Waals surface area contributed by atoms with Crippen LogP contribution in [0.5, 0.6) is 0 Å². The highest BCUT2D eigenvalue weighted by molar-refractivity contribution is 5.51. The Hall–Kier alpha value is -1.30. The molecule has 2 rings (SSSR count). The Morgan fingerprint density at radius 3 is 2.67 bits per heavy atom. The Kier molecular flexibility index (Phi) is 3.23. The zero-order valence-electron chi connectivity index (χ0n) is 10.0. The maximum Gasteiger partial charge on any atom is 0.419 e. The van der Waals surface area contributed by atoms with Crippen LogP contribution < -0.4 is 4.90 Å². The summed E-state index contributed by atoms with van der Waals surface area (Å²) in [5, 5.41) is 9.98. The topological polar surface area (TPSA) is 36.4 Å². The summed E-state index contributed by atoms with van der Waals surface area (Å²) < 4.78 is 38.3. The minimum atomic E-state index is -4.41. The highest BCUT2D eigenvalue weighted by Gasteiger charge is 2.44. The van der Waals surface area contributed by atoms with Gasteiger partial charge < -0.3 is 10.0 Å². The van der Waals surface area contributed by atoms with Crippen molar-refractivity contribution in [3.8, 4) is 0 Å². The van der Waals surface area contributed by atoms with Crippen LogP contribution >= 0.6 is 0 Å². The zero-order chi connectivity index (χ0) is 13.4. The first-order chi connectivity index (χ1) is 8.36. The number of alkyl halides is 3. The van der Waals surface area contributed by atoms with E-state index in [-0.39, 0.29) is 18.9 Å². The summed E-state index contributed by atoms with van der Waals surface area (Å²) in [6.45, 7) is 2.35. The number of aromatic nitrogens is 1. The fourth-order valence-electron chi connectivity index (χ4n) is 2.31. The van der Waals surface area contributed by atoms with Gasteiger partial charge >= 0.3 is 6.18 Å². The smallest absolute Gasteiger partial charge is 0.386 e. The SMILES string of the molecule is CCCC1(O)CN(c2ncccc2C(F)(F)F)C1. The average Bonchev–Trinajstić information content (AvgIpc) is 2.25. The van der Waals surface area contributed by atoms with E-state index in [4.69, 9.17) is 0 Å². The van der Waals surface area contributed by atoms with Gasteiger partial charge in [0.05, 0.1) is 11.2 Å². The molecule has 3 nitrogen and oxygen atoms in total. The molecule has 0 saturated carbocycles. The predicted octanol–water partition coefficient (Wildman–Crippen LogP) is 2.45. The number of rotatable bonds is 3. The van der Waals surface area contributed by atoms with Crippen LogP contribution in [0.1, 0.15) is 25.3 Å². The van der Waals surface area contributed by atoms with Gasteiger partial charge in [-0.1, -0.05) is 13.3 Å². The Balaban J connectivity index is 2.17. The van der Waals surface area contributed by atoms with Gasteiger partial charge in [-0.15, -0.1) is 0 Å². The monoisotopic (exact) mass is 260 g/mol. The van der Waals surface area contributed by atoms with Crippen LogP contribution in [0.25, 0.3) is 0 Å². The van der Waals surface area contributed by atoms with E-state index >= 15 is 0 Å². The Bertz CT molecular complexity index is 428. The van der Waals surface area contributed by atoms with E-state index in [0.29, 0.717) is 6.42 Å². The molecule has 0 atom stereocenters. The van der Waals surface area contributed by atoms with E-state index < -0.39 is 17.3 Å². The lowest BCUT2D eigenvalue weighted by Gasteiger charge is -2.47. The molecule has 1 aliphatic rings. The van der Waals surface area contributed by atoms with Crippen LogP contribution in [-0.4, -0.2) is 28.8 Å². The van der Waals surface area contributed by atoms with Gasteiger partial charge in [0, 0.05) is 19.3 Å². The van der Waals surface area contributed by atoms with Crippen molar-refractivity contribution in [2.24, 2.45) is 0 Å². The second-order valence-electron chi connectivity index (χ2n) is 4.70. The molecule has 6 heteroatoms. The molecular formula is C12H15F3N2O. The van der Waals surface area contributed by atoms with Crippen molar-refractivity contribution in [3.63, 3.8) is 0 Å². The number of β-amino-alcohol motifs (C(OH)–C–C–N with tert-alkyl or cyclic N) is 1. The van der Waals surface area contributed by atoms with Gasteiger partial charge in [0.15, 0.2) is 0 Å². The molecule has 0 unspecified atom stereocenters. The van der Waals surface area contributed by atoms with Crippen LogP contribution in [0.2, 0.25) is 0 Å². The zero-order valence-corrected chi connectivity index (χ0v) is 10.0. The third kappa shape index (κ3) is 2.43. The number of anilines is 1. The van der Waals surface area contributed by atoms with Crippen LogP contribution in [0.4, 0.5) is 19.0 Å². The normalized spacial score (nSPS) is 18.6. The van der Waals surface area contributed by atoms with Crippen LogP contribution in [-0.2, 0) is 6.18 Å². The van der Waals surface area contributed by atoms with Gasteiger partial charge in [0.1, 0.15) is 5.82 Å². The molecule has 100 valence electrons. The number of pyridine rings is 1. The number of hydrogen-bond donors (Lipinski definition) is 1. The fourth-order valence-corrected chi connectivity index (χ4v) is 2.31. The van der Waals surface area contributed by atoms with Gasteiger partial charge in [0.2, 0.25) is 0 Å². The third-order valence-corrected chi connectivity index (χ3v) is 3.08. The molecule has 0 amide bonds. The van der Waals surface area contributed by atoms with Crippen molar-refractivity contribution in [1.29, 1.82) is 0 Å². The van der Waals surface area contributed by atoms with Crippen LogP contribution in [0.3, 0.4) is 0 Å². The minimum Gasteiger partial charge on any atom is -0.386 e. The first-order valence-electron chi connectivity index (χ1n) is 5.85. The molecule has 2 heterocycles. The van der Waals surface area contributed by atoms with Gasteiger partial charge in [-0.2, -0.15) is 13.2 Å². The molecule has 0 bridgehead atoms. The molecular weight excluding hydrogens is 245 g/mol. The van der Waals surface area contributed by atoms with Crippen molar-refractivity contribution < 1.29 is 18.3 Å². The highest BCUT2D eigenvalue weighted by Crippen LogP contribution is 2.38. The predicted molar refractivity (Wildman–Crippen MR) is 61.3 cm³/mol. The minimum absolute atomic E-state index is 0.0919. The van der Waals surface area contributed by atoms with Crippen molar-refractivity contribution in [2.75, 3.05) is 18.0 Å². The molecule has 1 aliphatic heterocycles. The van der Waals surface area contributed by atoms with Gasteiger partial charge in [-0.3, -0.25) is 0 Å². The average molecular weight is 260 g/mol. The lowest BCUT2D eigenvalue weighted by molar-refractivity contribution is -0.137. The highest BCUT2D eigenvalue weighted by atomic mass is 19.4. The standard InChI is InChI=1S/C12H15F3N2O/c1-2-5-11(18)7-17(8-11)10-9(12(13,14)15)4-3-6-16-10/h3-4,6,18H,2,5,7-8H2,1H3. The van der Waals surface area contributed by atoms with Crippen molar-refractivity contribution >= 4 is 5.82 Å². The number of aliphatic hydroxyl groups is 1. The van der Waals surface area contributed by atoms with Gasteiger partial charge in [-0.05, 0) is 18.6 Å². The second kappa shape index (κ2) is 4.42. The van der Waals surface area contributed by atoms with E-state index in [0.717, 1.165) is 12.5 Å². The molecule has 0 radical (unpaired) electrons. The molecule has 1 saturated heterocycles. The lowest BCUT2D eigenvalue weighted by atomic mass is 9.89. The third-order valence-electron chi connectivity index (χ3n) is 3.08. The lowest BCUT2D eigenvalue weighted by Crippen LogP contribution is -2.62. The molecule has 0 spiro atoms. The Morgan fingerprint density at radius 1 is 1.44 bits per heavy atom. The van der Waals surface area contributed by atoms with Gasteiger partial charge in [0.25, 0.3) is 0 Å². The fraction of sp³-hybridized carbons (Fsp3) is 0.583. The van der Waals surface area contributed by atoms with Crippen LogP contribution in [0, 0.1) is 0 Å². The van der Waals surface area contributed by atoms with E-state index in [1.165, 1.54) is 17.2 Å². The van der Waals surface area contributed by atoms with E-state index in [1.807, 2.05) is 6.92 Å². The Labute approximate surface area is 103 Å². The maximum absolute atomic E-state index is 12.8. The quantitative estimate of drug-likeness (QED) is 0.907. The summed E-state index contributed by atoms with van der Waals surface area (Å²) in [5.74, 6) is -0.0919. The molecule has 0 aliphatic carbocycles. The van der Waals surface area contributed by atoms with E-state index in [2.05, 4.69) is 4.98 Å². The van der Waals surface area contributed by atoms with E-state index in [9.17, 15) is 18.3 Å². The van der Waals surface area contributed by atoms with Crippen molar-refractivity contribution in [1.82, 2.24) is 4.98 Å². The summed E-state index contributed by atoms with van der Waals surface area (Å²) >= 11 is 0. The first-order valence-corrected chi connectivity index (χ1v) is 5.85. The summed E-state index contributed by atoms with van der Waals surface area (Å²) in [6.07, 6.45) is -1.68. The van der Waals surface area contributed by atoms with Gasteiger partial charge in [-0.25, -0.2) is 4.98 Å². The summed E-state index contributed by atoms with van der Waals surface area (Å²) in [5.41, 5.74) is -1.61. The van der Waals surface area contributed by atoms with Crippen LogP contribution in [0.15, 0.2) is 18.3 Å². The van der Waals surface area contributed by atoms with Crippen molar-refractivity contribution in [2.45, 2.75) is 31.5 Å². The molecule has 1 N–H and O–H groups in total. The largest absolute Gasteiger partial charge is 0.419 e. The Morgan fingerprint density at radius 2 is 2.11 bits per heavy atom. The molecule has 18 heavy (non-hydrogen) atoms. The second-order valence-corrected chi connectivity index (χ2v) is 4.70. The number of nitrogens with zero attached hydrogens (tertiary/aromatic N) is 2. The number of hydrogen-bond acceptors (Lipinski definition) is 3. The summed E-state index contributed by atoms with van der Waals surface area (Å²) in [6, 6.07) is 2.28. The summed E-state index contributed by atoms with van der Waals surface area (Å²) in [4.78, 5) is 5.26. The van der Waals surface area contributed by atoms with E-state index in [1.54, 1.807) is 0 Å².